The lowest BCUT2D eigenvalue weighted by Crippen LogP contribution is -2.48. The van der Waals surface area contributed by atoms with E-state index in [0.29, 0.717) is 18.7 Å². The van der Waals surface area contributed by atoms with Crippen LogP contribution in [0.2, 0.25) is 0 Å². The number of nitrogens with zero attached hydrogens (tertiary/aromatic N) is 4. The third-order valence-electron chi connectivity index (χ3n) is 3.31. The molecule has 0 N–H and O–H groups in total. The van der Waals surface area contributed by atoms with Crippen LogP contribution < -0.4 is 0 Å². The molecule has 2 aliphatic heterocycles. The molecule has 0 unspecified atom stereocenters. The summed E-state index contributed by atoms with van der Waals surface area (Å²) in [5.41, 5.74) is 0.624. The Labute approximate surface area is 114 Å². The van der Waals surface area contributed by atoms with Gasteiger partial charge in [-0.05, 0) is 14.0 Å². The van der Waals surface area contributed by atoms with Gasteiger partial charge in [-0.3, -0.25) is 9.89 Å². The van der Waals surface area contributed by atoms with E-state index in [0.717, 1.165) is 32.8 Å². The largest absolute Gasteiger partial charge is 0.463 e. The van der Waals surface area contributed by atoms with Gasteiger partial charge in [0.2, 0.25) is 0 Å². The summed E-state index contributed by atoms with van der Waals surface area (Å²) in [5, 5.41) is 0. The van der Waals surface area contributed by atoms with Crippen LogP contribution in [0, 0.1) is 0 Å². The van der Waals surface area contributed by atoms with Crippen LogP contribution in [0.4, 0.5) is 0 Å². The number of piperazine rings is 1. The Hall–Kier alpha value is -1.40. The van der Waals surface area contributed by atoms with Crippen molar-refractivity contribution in [3.05, 3.63) is 11.8 Å². The molecule has 0 spiro atoms. The van der Waals surface area contributed by atoms with Crippen LogP contribution in [0.25, 0.3) is 0 Å². The maximum Gasteiger partial charge on any atom is 0.337 e. The van der Waals surface area contributed by atoms with Gasteiger partial charge in [-0.2, -0.15) is 0 Å². The highest BCUT2D eigenvalue weighted by Crippen LogP contribution is 2.08. The van der Waals surface area contributed by atoms with Gasteiger partial charge in [0, 0.05) is 32.4 Å². The molecule has 2 heterocycles. The highest BCUT2D eigenvalue weighted by atomic mass is 16.5. The fraction of sp³-hybridized carbons (Fsp3) is 0.692. The molecule has 0 amide bonds. The van der Waals surface area contributed by atoms with Crippen LogP contribution >= 0.6 is 0 Å². The summed E-state index contributed by atoms with van der Waals surface area (Å²) in [5.74, 6) is -0.261. The Kier molecular flexibility index (Phi) is 4.93. The topological polar surface area (TPSA) is 48.4 Å². The average Bonchev–Trinajstić information content (AvgIpc) is 2.42. The van der Waals surface area contributed by atoms with E-state index in [9.17, 15) is 4.79 Å². The molecule has 0 aliphatic carbocycles. The Bertz CT molecular complexity index is 373. The van der Waals surface area contributed by atoms with Gasteiger partial charge in [-0.1, -0.05) is 0 Å². The summed E-state index contributed by atoms with van der Waals surface area (Å²) >= 11 is 0. The van der Waals surface area contributed by atoms with E-state index in [-0.39, 0.29) is 5.97 Å². The molecule has 106 valence electrons. The number of hydrogen-bond donors (Lipinski definition) is 0. The smallest absolute Gasteiger partial charge is 0.337 e. The van der Waals surface area contributed by atoms with Gasteiger partial charge in [0.25, 0.3) is 0 Å². The first-order valence-corrected chi connectivity index (χ1v) is 6.73. The van der Waals surface area contributed by atoms with Crippen LogP contribution in [-0.4, -0.2) is 80.1 Å². The van der Waals surface area contributed by atoms with Crippen molar-refractivity contribution in [2.75, 3.05) is 53.0 Å². The lowest BCUT2D eigenvalue weighted by Gasteiger charge is -2.35. The van der Waals surface area contributed by atoms with Crippen LogP contribution in [-0.2, 0) is 9.53 Å². The maximum absolute atomic E-state index is 11.7. The molecule has 0 aromatic carbocycles. The first-order chi connectivity index (χ1) is 9.19. The van der Waals surface area contributed by atoms with E-state index in [4.69, 9.17) is 4.74 Å². The molecule has 0 radical (unpaired) electrons. The highest BCUT2D eigenvalue weighted by molar-refractivity contribution is 5.90. The maximum atomic E-state index is 11.7. The van der Waals surface area contributed by atoms with E-state index in [1.54, 1.807) is 6.34 Å². The summed E-state index contributed by atoms with van der Waals surface area (Å²) in [4.78, 5) is 22.5. The second kappa shape index (κ2) is 6.68. The molecule has 0 bridgehead atoms. The molecule has 6 heteroatoms. The molecule has 2 aliphatic rings. The van der Waals surface area contributed by atoms with Crippen molar-refractivity contribution in [3.63, 3.8) is 0 Å². The Balaban J connectivity index is 1.87. The summed E-state index contributed by atoms with van der Waals surface area (Å²) in [7, 11) is 2.14. The van der Waals surface area contributed by atoms with E-state index >= 15 is 0 Å². The molecular formula is C13H22N4O2. The first-order valence-electron chi connectivity index (χ1n) is 6.73. The number of esters is 1. The molecule has 1 saturated heterocycles. The van der Waals surface area contributed by atoms with Crippen LogP contribution in [0.5, 0.6) is 0 Å². The molecule has 0 saturated carbocycles. The molecular weight excluding hydrogens is 244 g/mol. The first kappa shape index (κ1) is 14.0. The number of carbonyl (C=O) groups excluding carboxylic acids is 1. The minimum absolute atomic E-state index is 0.261. The van der Waals surface area contributed by atoms with Gasteiger partial charge in [-0.15, -0.1) is 0 Å². The quantitative estimate of drug-likeness (QED) is 0.669. The summed E-state index contributed by atoms with van der Waals surface area (Å²) < 4.78 is 5.01. The summed E-state index contributed by atoms with van der Waals surface area (Å²) in [6.07, 6.45) is 3.64. The van der Waals surface area contributed by atoms with Crippen LogP contribution in [0.15, 0.2) is 16.8 Å². The van der Waals surface area contributed by atoms with Gasteiger partial charge in [0.15, 0.2) is 0 Å². The fourth-order valence-corrected chi connectivity index (χ4v) is 2.16. The van der Waals surface area contributed by atoms with Gasteiger partial charge < -0.3 is 14.5 Å². The normalized spacial score (nSPS) is 21.4. The zero-order valence-electron chi connectivity index (χ0n) is 11.7. The van der Waals surface area contributed by atoms with Gasteiger partial charge in [0.05, 0.1) is 31.7 Å². The van der Waals surface area contributed by atoms with Crippen molar-refractivity contribution in [3.8, 4) is 0 Å². The summed E-state index contributed by atoms with van der Waals surface area (Å²) in [6, 6.07) is 0. The van der Waals surface area contributed by atoms with Crippen LogP contribution in [0.1, 0.15) is 6.92 Å². The third-order valence-corrected chi connectivity index (χ3v) is 3.31. The van der Waals surface area contributed by atoms with Crippen molar-refractivity contribution < 1.29 is 9.53 Å². The molecule has 0 atom stereocenters. The average molecular weight is 266 g/mol. The van der Waals surface area contributed by atoms with Gasteiger partial charge >= 0.3 is 5.97 Å². The fourth-order valence-electron chi connectivity index (χ4n) is 2.16. The highest BCUT2D eigenvalue weighted by Gasteiger charge is 2.18. The second-order valence-corrected chi connectivity index (χ2v) is 4.91. The zero-order valence-corrected chi connectivity index (χ0v) is 11.7. The van der Waals surface area contributed by atoms with E-state index in [1.165, 1.54) is 0 Å². The SMILES string of the molecule is CCOC(=O)C1=CN(CN2CCN(C)CC2)C=NC1. The predicted octanol–water partition coefficient (Wildman–Crippen LogP) is -0.0178. The molecule has 19 heavy (non-hydrogen) atoms. The molecule has 1 fully saturated rings. The second-order valence-electron chi connectivity index (χ2n) is 4.91. The van der Waals surface area contributed by atoms with Crippen molar-refractivity contribution in [1.82, 2.24) is 14.7 Å². The standard InChI is InChI=1S/C13H22N4O2/c1-3-19-13(18)12-8-14-10-17(9-12)11-16-6-4-15(2)5-7-16/h9-10H,3-8,11H2,1-2H3. The zero-order chi connectivity index (χ0) is 13.7. The lowest BCUT2D eigenvalue weighted by atomic mass is 10.2. The van der Waals surface area contributed by atoms with Crippen LogP contribution in [0.3, 0.4) is 0 Å². The third kappa shape index (κ3) is 4.04. The Morgan fingerprint density at radius 3 is 2.79 bits per heavy atom. The van der Waals surface area contributed by atoms with Gasteiger partial charge in [0.1, 0.15) is 0 Å². The van der Waals surface area contributed by atoms with E-state index in [1.807, 2.05) is 18.0 Å². The van der Waals surface area contributed by atoms with Crippen molar-refractivity contribution in [2.24, 2.45) is 4.99 Å². The molecule has 0 aromatic rings. The minimum Gasteiger partial charge on any atom is -0.463 e. The number of likely N-dealkylation sites (N-methyl/N-ethyl adjacent to an activating group) is 1. The number of aliphatic imine (C=N–C) groups is 1. The van der Waals surface area contributed by atoms with Crippen molar-refractivity contribution >= 4 is 12.3 Å². The lowest BCUT2D eigenvalue weighted by molar-refractivity contribution is -0.138. The number of hydrogen-bond acceptors (Lipinski definition) is 6. The number of rotatable bonds is 4. The Morgan fingerprint density at radius 2 is 2.11 bits per heavy atom. The number of ether oxygens (including phenoxy) is 1. The van der Waals surface area contributed by atoms with E-state index in [2.05, 4.69) is 21.8 Å². The molecule has 6 nitrogen and oxygen atoms in total. The number of carbonyl (C=O) groups is 1. The summed E-state index contributed by atoms with van der Waals surface area (Å²) in [6.45, 7) is 7.66. The van der Waals surface area contributed by atoms with E-state index < -0.39 is 0 Å². The van der Waals surface area contributed by atoms with Crippen molar-refractivity contribution in [1.29, 1.82) is 0 Å². The minimum atomic E-state index is -0.261. The Morgan fingerprint density at radius 1 is 1.37 bits per heavy atom. The monoisotopic (exact) mass is 266 g/mol. The molecule has 2 rings (SSSR count). The predicted molar refractivity (Wildman–Crippen MR) is 73.9 cm³/mol. The van der Waals surface area contributed by atoms with Crippen molar-refractivity contribution in [2.45, 2.75) is 6.92 Å². The molecule has 0 aromatic heterocycles. The van der Waals surface area contributed by atoms with Gasteiger partial charge in [-0.25, -0.2) is 4.79 Å².